The maximum atomic E-state index is 12.4. The Balaban J connectivity index is 2.13. The number of hydrogen-bond donors (Lipinski definition) is 3. The number of urea groups is 1. The Morgan fingerprint density at radius 2 is 1.44 bits per heavy atom. The minimum absolute atomic E-state index is 0.0639. The van der Waals surface area contributed by atoms with Gasteiger partial charge in [-0.3, -0.25) is 4.79 Å². The zero-order valence-corrected chi connectivity index (χ0v) is 16.5. The molecule has 0 spiro atoms. The summed E-state index contributed by atoms with van der Waals surface area (Å²) < 4.78 is 26.9. The Labute approximate surface area is 159 Å². The molecule has 0 aliphatic carbocycles. The molecule has 3 amide bonds. The molecule has 0 aromatic heterocycles. The second kappa shape index (κ2) is 7.79. The van der Waals surface area contributed by atoms with Crippen molar-refractivity contribution in [2.45, 2.75) is 31.1 Å². The van der Waals surface area contributed by atoms with Crippen LogP contribution in [0.3, 0.4) is 0 Å². The summed E-state index contributed by atoms with van der Waals surface area (Å²) in [7, 11) is -2.55. The Morgan fingerprint density at radius 3 is 1.93 bits per heavy atom. The number of anilines is 1. The van der Waals surface area contributed by atoms with Crippen molar-refractivity contribution in [1.82, 2.24) is 10.0 Å². The number of hydrogen-bond acceptors (Lipinski definition) is 4. The van der Waals surface area contributed by atoms with Gasteiger partial charge >= 0.3 is 6.03 Å². The van der Waals surface area contributed by atoms with Crippen molar-refractivity contribution >= 4 is 27.6 Å². The van der Waals surface area contributed by atoms with Crippen LogP contribution in [0.4, 0.5) is 10.5 Å². The Hall–Kier alpha value is -2.87. The maximum absolute atomic E-state index is 12.4. The molecule has 0 radical (unpaired) electrons. The number of sulfonamides is 1. The van der Waals surface area contributed by atoms with Crippen LogP contribution in [0.15, 0.2) is 53.4 Å². The van der Waals surface area contributed by atoms with E-state index < -0.39 is 22.0 Å². The third-order valence-corrected chi connectivity index (χ3v) is 5.24. The van der Waals surface area contributed by atoms with Gasteiger partial charge in [-0.2, -0.15) is 0 Å². The highest BCUT2D eigenvalue weighted by Gasteiger charge is 2.20. The molecule has 0 bridgehead atoms. The minimum atomic E-state index is -4.02. The van der Waals surface area contributed by atoms with E-state index in [2.05, 4.69) is 36.1 Å². The van der Waals surface area contributed by atoms with Gasteiger partial charge in [-0.25, -0.2) is 17.9 Å². The summed E-state index contributed by atoms with van der Waals surface area (Å²) in [6.45, 7) is 6.15. The lowest BCUT2D eigenvalue weighted by Crippen LogP contribution is -2.30. The van der Waals surface area contributed by atoms with Crippen LogP contribution in [0.1, 0.15) is 36.7 Å². The lowest BCUT2D eigenvalue weighted by atomic mass is 9.87. The van der Waals surface area contributed by atoms with Crippen molar-refractivity contribution in [3.05, 3.63) is 59.7 Å². The first-order valence-electron chi connectivity index (χ1n) is 8.29. The smallest absolute Gasteiger partial charge is 0.318 e. The van der Waals surface area contributed by atoms with Gasteiger partial charge in [0.15, 0.2) is 0 Å². The quantitative estimate of drug-likeness (QED) is 0.748. The molecule has 27 heavy (non-hydrogen) atoms. The molecule has 3 N–H and O–H groups in total. The van der Waals surface area contributed by atoms with Crippen molar-refractivity contribution < 1.29 is 18.0 Å². The first-order valence-corrected chi connectivity index (χ1v) is 9.78. The zero-order chi connectivity index (χ0) is 20.2. The average Bonchev–Trinajstić information content (AvgIpc) is 2.61. The van der Waals surface area contributed by atoms with Crippen LogP contribution in [0.5, 0.6) is 0 Å². The van der Waals surface area contributed by atoms with Crippen LogP contribution >= 0.6 is 0 Å². The highest BCUT2D eigenvalue weighted by molar-refractivity contribution is 7.90. The number of nitrogens with one attached hydrogen (secondary N) is 3. The molecule has 0 saturated heterocycles. The van der Waals surface area contributed by atoms with Crippen LogP contribution in [0.25, 0.3) is 0 Å². The second-order valence-corrected chi connectivity index (χ2v) is 8.67. The van der Waals surface area contributed by atoms with Gasteiger partial charge in [0.2, 0.25) is 0 Å². The van der Waals surface area contributed by atoms with E-state index in [1.165, 1.54) is 31.3 Å². The summed E-state index contributed by atoms with van der Waals surface area (Å²) in [6.07, 6.45) is 0. The fourth-order valence-corrected chi connectivity index (χ4v) is 3.25. The summed E-state index contributed by atoms with van der Waals surface area (Å²) in [5.41, 5.74) is 1.66. The summed E-state index contributed by atoms with van der Waals surface area (Å²) in [5, 5.41) is 4.91. The zero-order valence-electron chi connectivity index (χ0n) is 15.7. The van der Waals surface area contributed by atoms with Gasteiger partial charge in [0.1, 0.15) is 0 Å². The molecular formula is C19H23N3O4S. The molecule has 2 aromatic carbocycles. The lowest BCUT2D eigenvalue weighted by molar-refractivity contribution is 0.0981. The number of carbonyl (C=O) groups excluding carboxylic acids is 2. The van der Waals surface area contributed by atoms with Crippen molar-refractivity contribution in [3.8, 4) is 0 Å². The molecule has 0 aliphatic heterocycles. The fourth-order valence-electron chi connectivity index (χ4n) is 2.27. The highest BCUT2D eigenvalue weighted by atomic mass is 32.2. The van der Waals surface area contributed by atoms with Gasteiger partial charge < -0.3 is 10.6 Å². The Morgan fingerprint density at radius 1 is 0.889 bits per heavy atom. The van der Waals surface area contributed by atoms with E-state index in [4.69, 9.17) is 0 Å². The normalized spacial score (nSPS) is 11.6. The molecule has 7 nitrogen and oxygen atoms in total. The summed E-state index contributed by atoms with van der Waals surface area (Å²) in [6, 6.07) is 11.9. The van der Waals surface area contributed by atoms with Crippen LogP contribution in [0, 0.1) is 0 Å². The summed E-state index contributed by atoms with van der Waals surface area (Å²) in [4.78, 5) is 23.5. The molecule has 144 valence electrons. The minimum Gasteiger partial charge on any atom is -0.341 e. The largest absolute Gasteiger partial charge is 0.341 e. The molecule has 0 fully saturated rings. The number of amides is 3. The molecule has 0 saturated carbocycles. The van der Waals surface area contributed by atoms with E-state index >= 15 is 0 Å². The Bertz CT molecular complexity index is 928. The highest BCUT2D eigenvalue weighted by Crippen LogP contribution is 2.22. The van der Waals surface area contributed by atoms with Crippen molar-refractivity contribution in [2.24, 2.45) is 0 Å². The molecule has 8 heteroatoms. The lowest BCUT2D eigenvalue weighted by Gasteiger charge is -2.19. The standard InChI is InChI=1S/C19H23N3O4S/c1-19(2,3)14-7-5-13(6-8-14)17(23)22-27(25,26)16-11-9-15(10-12-16)21-18(24)20-4/h5-12H,1-4H3,(H,22,23)(H2,20,21,24). The third-order valence-electron chi connectivity index (χ3n) is 3.89. The van der Waals surface area contributed by atoms with Crippen molar-refractivity contribution in [2.75, 3.05) is 12.4 Å². The van der Waals surface area contributed by atoms with E-state index in [0.29, 0.717) is 5.69 Å². The molecule has 0 heterocycles. The Kier molecular flexibility index (Phi) is 5.90. The van der Waals surface area contributed by atoms with Crippen molar-refractivity contribution in [3.63, 3.8) is 0 Å². The van der Waals surface area contributed by atoms with Crippen LogP contribution < -0.4 is 15.4 Å². The number of carbonyl (C=O) groups is 2. The van der Waals surface area contributed by atoms with Crippen LogP contribution in [-0.4, -0.2) is 27.4 Å². The number of benzene rings is 2. The predicted octanol–water partition coefficient (Wildman–Crippen LogP) is 2.85. The average molecular weight is 389 g/mol. The maximum Gasteiger partial charge on any atom is 0.318 e. The topological polar surface area (TPSA) is 104 Å². The third kappa shape index (κ3) is 5.30. The van der Waals surface area contributed by atoms with E-state index in [0.717, 1.165) is 5.56 Å². The summed E-state index contributed by atoms with van der Waals surface area (Å²) >= 11 is 0. The van der Waals surface area contributed by atoms with E-state index in [-0.39, 0.29) is 15.9 Å². The molecule has 0 aliphatic rings. The van der Waals surface area contributed by atoms with E-state index in [1.54, 1.807) is 24.3 Å². The molecule has 0 atom stereocenters. The summed E-state index contributed by atoms with van der Waals surface area (Å²) in [5.74, 6) is -0.706. The van der Waals surface area contributed by atoms with Crippen LogP contribution in [0.2, 0.25) is 0 Å². The fraction of sp³-hybridized carbons (Fsp3) is 0.263. The predicted molar refractivity (Wildman–Crippen MR) is 104 cm³/mol. The monoisotopic (exact) mass is 389 g/mol. The van der Waals surface area contributed by atoms with E-state index in [9.17, 15) is 18.0 Å². The first-order chi connectivity index (χ1) is 12.5. The van der Waals surface area contributed by atoms with Gasteiger partial charge in [0.05, 0.1) is 4.90 Å². The molecule has 0 unspecified atom stereocenters. The second-order valence-electron chi connectivity index (χ2n) is 6.99. The molecular weight excluding hydrogens is 366 g/mol. The van der Waals surface area contributed by atoms with Gasteiger partial charge in [0, 0.05) is 18.3 Å². The van der Waals surface area contributed by atoms with Gasteiger partial charge in [-0.1, -0.05) is 32.9 Å². The molecule has 2 aromatic rings. The van der Waals surface area contributed by atoms with Gasteiger partial charge in [0.25, 0.3) is 15.9 Å². The van der Waals surface area contributed by atoms with Crippen LogP contribution in [-0.2, 0) is 15.4 Å². The van der Waals surface area contributed by atoms with Crippen molar-refractivity contribution in [1.29, 1.82) is 0 Å². The van der Waals surface area contributed by atoms with E-state index in [1.807, 2.05) is 0 Å². The molecule has 2 rings (SSSR count). The van der Waals surface area contributed by atoms with Gasteiger partial charge in [-0.05, 0) is 47.4 Å². The SMILES string of the molecule is CNC(=O)Nc1ccc(S(=O)(=O)NC(=O)c2ccc(C(C)(C)C)cc2)cc1. The first kappa shape index (κ1) is 20.4. The number of rotatable bonds is 4. The van der Waals surface area contributed by atoms with Gasteiger partial charge in [-0.15, -0.1) is 0 Å².